The van der Waals surface area contributed by atoms with E-state index in [0.717, 1.165) is 47.5 Å². The highest BCUT2D eigenvalue weighted by Crippen LogP contribution is 2.21. The molecule has 4 nitrogen and oxygen atoms in total. The zero-order valence-corrected chi connectivity index (χ0v) is 13.6. The Morgan fingerprint density at radius 1 is 1.45 bits per heavy atom. The number of halogens is 2. The van der Waals surface area contributed by atoms with Crippen LogP contribution in [0.25, 0.3) is 0 Å². The Hall–Kier alpha value is -0.620. The number of piperidine rings is 1. The standard InChI is InChI=1S/C14H19BrClN3O/c15-13-2-1-11(16)7-10(13)8-18-12-3-5-19(6-4-12)9-14(17)20/h1-2,7,12,18H,3-6,8-9H2,(H2,17,20). The first-order valence-corrected chi connectivity index (χ1v) is 7.89. The molecule has 20 heavy (non-hydrogen) atoms. The summed E-state index contributed by atoms with van der Waals surface area (Å²) in [6, 6.07) is 6.29. The van der Waals surface area contributed by atoms with E-state index < -0.39 is 0 Å². The van der Waals surface area contributed by atoms with E-state index in [9.17, 15) is 4.79 Å². The number of amides is 1. The van der Waals surface area contributed by atoms with Crippen LogP contribution in [0.5, 0.6) is 0 Å². The van der Waals surface area contributed by atoms with Crippen molar-refractivity contribution in [1.29, 1.82) is 0 Å². The zero-order chi connectivity index (χ0) is 14.5. The van der Waals surface area contributed by atoms with Crippen molar-refractivity contribution in [2.24, 2.45) is 5.73 Å². The molecule has 1 saturated heterocycles. The maximum atomic E-state index is 10.9. The lowest BCUT2D eigenvalue weighted by molar-refractivity contribution is -0.119. The van der Waals surface area contributed by atoms with Gasteiger partial charge in [-0.1, -0.05) is 27.5 Å². The van der Waals surface area contributed by atoms with Crippen LogP contribution in [0, 0.1) is 0 Å². The second-order valence-electron chi connectivity index (χ2n) is 5.13. The van der Waals surface area contributed by atoms with Crippen molar-refractivity contribution in [2.45, 2.75) is 25.4 Å². The second kappa shape index (κ2) is 7.41. The number of carbonyl (C=O) groups is 1. The third kappa shape index (κ3) is 4.74. The van der Waals surface area contributed by atoms with Gasteiger partial charge < -0.3 is 11.1 Å². The largest absolute Gasteiger partial charge is 0.369 e. The fourth-order valence-electron chi connectivity index (χ4n) is 2.45. The second-order valence-corrected chi connectivity index (χ2v) is 6.42. The first-order chi connectivity index (χ1) is 9.54. The lowest BCUT2D eigenvalue weighted by atomic mass is 10.0. The molecule has 0 saturated carbocycles. The fourth-order valence-corrected chi connectivity index (χ4v) is 3.03. The minimum atomic E-state index is -0.251. The molecule has 1 aromatic carbocycles. The van der Waals surface area contributed by atoms with E-state index in [1.807, 2.05) is 18.2 Å². The van der Waals surface area contributed by atoms with Crippen LogP contribution in [-0.2, 0) is 11.3 Å². The number of benzene rings is 1. The van der Waals surface area contributed by atoms with Gasteiger partial charge in [-0.3, -0.25) is 9.69 Å². The van der Waals surface area contributed by atoms with Crippen LogP contribution >= 0.6 is 27.5 Å². The van der Waals surface area contributed by atoms with Crippen molar-refractivity contribution in [1.82, 2.24) is 10.2 Å². The van der Waals surface area contributed by atoms with Gasteiger partial charge in [0.2, 0.25) is 5.91 Å². The van der Waals surface area contributed by atoms with Crippen LogP contribution in [0.3, 0.4) is 0 Å². The average molecular weight is 361 g/mol. The number of hydrogen-bond acceptors (Lipinski definition) is 3. The molecule has 3 N–H and O–H groups in total. The molecule has 0 unspecified atom stereocenters. The number of nitrogens with two attached hydrogens (primary N) is 1. The molecule has 6 heteroatoms. The van der Waals surface area contributed by atoms with E-state index in [1.54, 1.807) is 0 Å². The maximum absolute atomic E-state index is 10.9. The van der Waals surface area contributed by atoms with Crippen LogP contribution < -0.4 is 11.1 Å². The third-order valence-corrected chi connectivity index (χ3v) is 4.56. The molecule has 1 aliphatic rings. The molecule has 0 radical (unpaired) electrons. The molecular formula is C14H19BrClN3O. The molecule has 110 valence electrons. The Labute approximate surface area is 132 Å². The molecule has 1 heterocycles. The van der Waals surface area contributed by atoms with E-state index in [4.69, 9.17) is 17.3 Å². The Kier molecular flexibility index (Phi) is 5.84. The monoisotopic (exact) mass is 359 g/mol. The Balaban J connectivity index is 1.78. The molecule has 0 atom stereocenters. The van der Waals surface area contributed by atoms with Crippen molar-refractivity contribution in [2.75, 3.05) is 19.6 Å². The van der Waals surface area contributed by atoms with Gasteiger partial charge in [-0.2, -0.15) is 0 Å². The Morgan fingerprint density at radius 3 is 2.80 bits per heavy atom. The van der Waals surface area contributed by atoms with Gasteiger partial charge in [-0.25, -0.2) is 0 Å². The summed E-state index contributed by atoms with van der Waals surface area (Å²) >= 11 is 9.54. The van der Waals surface area contributed by atoms with Crippen LogP contribution in [0.2, 0.25) is 5.02 Å². The van der Waals surface area contributed by atoms with E-state index in [-0.39, 0.29) is 5.91 Å². The molecule has 2 rings (SSSR count). The summed E-state index contributed by atoms with van der Waals surface area (Å²) in [7, 11) is 0. The number of carbonyl (C=O) groups excluding carboxylic acids is 1. The quantitative estimate of drug-likeness (QED) is 0.846. The first-order valence-electron chi connectivity index (χ1n) is 6.72. The van der Waals surface area contributed by atoms with Gasteiger partial charge in [-0.05, 0) is 36.6 Å². The molecular weight excluding hydrogens is 342 g/mol. The molecule has 0 aliphatic carbocycles. The molecule has 0 spiro atoms. The highest BCUT2D eigenvalue weighted by atomic mass is 79.9. The van der Waals surface area contributed by atoms with Crippen molar-refractivity contribution in [3.05, 3.63) is 33.3 Å². The van der Waals surface area contributed by atoms with Crippen LogP contribution in [-0.4, -0.2) is 36.5 Å². The lowest BCUT2D eigenvalue weighted by Crippen LogP contribution is -2.45. The topological polar surface area (TPSA) is 58.4 Å². The van der Waals surface area contributed by atoms with Crippen molar-refractivity contribution in [3.8, 4) is 0 Å². The molecule has 1 amide bonds. The molecule has 1 aliphatic heterocycles. The summed E-state index contributed by atoms with van der Waals surface area (Å²) in [4.78, 5) is 13.0. The highest BCUT2D eigenvalue weighted by molar-refractivity contribution is 9.10. The predicted octanol–water partition coefficient (Wildman–Crippen LogP) is 2.14. The minimum Gasteiger partial charge on any atom is -0.369 e. The van der Waals surface area contributed by atoms with E-state index in [1.165, 1.54) is 0 Å². The van der Waals surface area contributed by atoms with Crippen molar-refractivity contribution in [3.63, 3.8) is 0 Å². The number of nitrogens with one attached hydrogen (secondary N) is 1. The maximum Gasteiger partial charge on any atom is 0.231 e. The van der Waals surface area contributed by atoms with E-state index >= 15 is 0 Å². The van der Waals surface area contributed by atoms with Gasteiger partial charge in [0.1, 0.15) is 0 Å². The fraction of sp³-hybridized carbons (Fsp3) is 0.500. The molecule has 1 aromatic rings. The number of nitrogens with zero attached hydrogens (tertiary/aromatic N) is 1. The van der Waals surface area contributed by atoms with Gasteiger partial charge in [0.15, 0.2) is 0 Å². The average Bonchev–Trinajstić information content (AvgIpc) is 2.41. The Bertz CT molecular complexity index is 475. The van der Waals surface area contributed by atoms with Gasteiger partial charge >= 0.3 is 0 Å². The summed E-state index contributed by atoms with van der Waals surface area (Å²) < 4.78 is 1.07. The summed E-state index contributed by atoms with van der Waals surface area (Å²) in [6.07, 6.45) is 2.07. The normalized spacial score (nSPS) is 17.3. The first kappa shape index (κ1) is 15.8. The highest BCUT2D eigenvalue weighted by Gasteiger charge is 2.19. The summed E-state index contributed by atoms with van der Waals surface area (Å²) in [5.41, 5.74) is 6.37. The molecule has 0 aromatic heterocycles. The predicted molar refractivity (Wildman–Crippen MR) is 84.6 cm³/mol. The van der Waals surface area contributed by atoms with E-state index in [0.29, 0.717) is 12.6 Å². The summed E-state index contributed by atoms with van der Waals surface area (Å²) in [5, 5.41) is 4.30. The van der Waals surface area contributed by atoms with Crippen LogP contribution in [0.4, 0.5) is 0 Å². The lowest BCUT2D eigenvalue weighted by Gasteiger charge is -2.31. The smallest absolute Gasteiger partial charge is 0.231 e. The molecule has 1 fully saturated rings. The number of likely N-dealkylation sites (tertiary alicyclic amines) is 1. The minimum absolute atomic E-state index is 0.251. The van der Waals surface area contributed by atoms with Crippen molar-refractivity contribution >= 4 is 33.4 Å². The van der Waals surface area contributed by atoms with Crippen LogP contribution in [0.1, 0.15) is 18.4 Å². The summed E-state index contributed by atoms with van der Waals surface area (Å²) in [6.45, 7) is 2.99. The van der Waals surface area contributed by atoms with Crippen LogP contribution in [0.15, 0.2) is 22.7 Å². The molecule has 0 bridgehead atoms. The third-order valence-electron chi connectivity index (χ3n) is 3.56. The SMILES string of the molecule is NC(=O)CN1CCC(NCc2cc(Cl)ccc2Br)CC1. The van der Waals surface area contributed by atoms with Crippen molar-refractivity contribution < 1.29 is 4.79 Å². The summed E-state index contributed by atoms with van der Waals surface area (Å²) in [5.74, 6) is -0.251. The number of hydrogen-bond donors (Lipinski definition) is 2. The number of rotatable bonds is 5. The van der Waals surface area contributed by atoms with Gasteiger partial charge in [0.25, 0.3) is 0 Å². The zero-order valence-electron chi connectivity index (χ0n) is 11.2. The Morgan fingerprint density at radius 2 is 2.15 bits per heavy atom. The van der Waals surface area contributed by atoms with E-state index in [2.05, 4.69) is 26.1 Å². The van der Waals surface area contributed by atoms with Gasteiger partial charge in [-0.15, -0.1) is 0 Å². The van der Waals surface area contributed by atoms with Gasteiger partial charge in [0, 0.05) is 35.2 Å². The van der Waals surface area contributed by atoms with Gasteiger partial charge in [0.05, 0.1) is 6.54 Å². The number of primary amides is 1.